The molecule has 3 unspecified atom stereocenters. The SMILES string of the molecule is OCCOCCN1CCN(C2CC3CCC2C3)CC1. The van der Waals surface area contributed by atoms with Gasteiger partial charge in [0.25, 0.3) is 0 Å². The lowest BCUT2D eigenvalue weighted by Crippen LogP contribution is -2.52. The second-order valence-corrected chi connectivity index (χ2v) is 6.46. The first-order valence-electron chi connectivity index (χ1n) is 8.02. The number of nitrogens with zero attached hydrogens (tertiary/aromatic N) is 2. The fraction of sp³-hybridized carbons (Fsp3) is 1.00. The highest BCUT2D eigenvalue weighted by Gasteiger charge is 2.42. The zero-order valence-corrected chi connectivity index (χ0v) is 12.0. The van der Waals surface area contributed by atoms with E-state index in [1.54, 1.807) is 0 Å². The first kappa shape index (κ1) is 13.8. The van der Waals surface area contributed by atoms with Crippen LogP contribution < -0.4 is 0 Å². The van der Waals surface area contributed by atoms with Gasteiger partial charge in [-0.25, -0.2) is 0 Å². The first-order chi connectivity index (χ1) is 9.36. The van der Waals surface area contributed by atoms with Crippen LogP contribution in [0.5, 0.6) is 0 Å². The molecule has 19 heavy (non-hydrogen) atoms. The third-order valence-electron chi connectivity index (χ3n) is 5.36. The Morgan fingerprint density at radius 1 is 1.00 bits per heavy atom. The molecule has 3 rings (SSSR count). The van der Waals surface area contributed by atoms with E-state index in [4.69, 9.17) is 9.84 Å². The van der Waals surface area contributed by atoms with Gasteiger partial charge in [-0.15, -0.1) is 0 Å². The Bertz CT molecular complexity index is 279. The van der Waals surface area contributed by atoms with Gasteiger partial charge in [0.15, 0.2) is 0 Å². The highest BCUT2D eigenvalue weighted by Crippen LogP contribution is 2.46. The molecule has 0 amide bonds. The molecule has 2 aliphatic carbocycles. The van der Waals surface area contributed by atoms with Gasteiger partial charge in [0, 0.05) is 38.8 Å². The van der Waals surface area contributed by atoms with Crippen LogP contribution in [0.15, 0.2) is 0 Å². The molecule has 0 aromatic heterocycles. The molecular formula is C15H28N2O2. The molecule has 110 valence electrons. The van der Waals surface area contributed by atoms with Crippen molar-refractivity contribution in [1.29, 1.82) is 0 Å². The molecule has 1 aliphatic heterocycles. The number of hydrogen-bond donors (Lipinski definition) is 1. The lowest BCUT2D eigenvalue weighted by molar-refractivity contribution is 0.0397. The highest BCUT2D eigenvalue weighted by molar-refractivity contribution is 4.96. The lowest BCUT2D eigenvalue weighted by Gasteiger charge is -2.41. The molecule has 1 saturated heterocycles. The van der Waals surface area contributed by atoms with Crippen molar-refractivity contribution in [3.8, 4) is 0 Å². The van der Waals surface area contributed by atoms with Gasteiger partial charge in [-0.3, -0.25) is 9.80 Å². The molecule has 4 nitrogen and oxygen atoms in total. The molecule has 0 radical (unpaired) electrons. The number of ether oxygens (including phenoxy) is 1. The van der Waals surface area contributed by atoms with Gasteiger partial charge in [-0.2, -0.15) is 0 Å². The molecule has 1 heterocycles. The summed E-state index contributed by atoms with van der Waals surface area (Å²) in [4.78, 5) is 5.26. The van der Waals surface area contributed by atoms with Crippen molar-refractivity contribution in [3.63, 3.8) is 0 Å². The van der Waals surface area contributed by atoms with Crippen molar-refractivity contribution in [2.24, 2.45) is 11.8 Å². The van der Waals surface area contributed by atoms with Crippen molar-refractivity contribution in [3.05, 3.63) is 0 Å². The van der Waals surface area contributed by atoms with Crippen LogP contribution in [0.25, 0.3) is 0 Å². The van der Waals surface area contributed by atoms with Crippen molar-refractivity contribution in [1.82, 2.24) is 9.80 Å². The van der Waals surface area contributed by atoms with E-state index in [9.17, 15) is 0 Å². The summed E-state index contributed by atoms with van der Waals surface area (Å²) < 4.78 is 5.35. The zero-order chi connectivity index (χ0) is 13.1. The van der Waals surface area contributed by atoms with Crippen LogP contribution in [0.4, 0.5) is 0 Å². The minimum atomic E-state index is 0.137. The maximum atomic E-state index is 8.67. The largest absolute Gasteiger partial charge is 0.394 e. The third kappa shape index (κ3) is 3.30. The Morgan fingerprint density at radius 3 is 2.47 bits per heavy atom. The quantitative estimate of drug-likeness (QED) is 0.723. The minimum absolute atomic E-state index is 0.137. The normalized spacial score (nSPS) is 36.2. The summed E-state index contributed by atoms with van der Waals surface area (Å²) in [5, 5.41) is 8.67. The van der Waals surface area contributed by atoms with Crippen LogP contribution >= 0.6 is 0 Å². The van der Waals surface area contributed by atoms with Gasteiger partial charge >= 0.3 is 0 Å². The van der Waals surface area contributed by atoms with Gasteiger partial charge in [-0.1, -0.05) is 6.42 Å². The molecule has 1 N–H and O–H groups in total. The molecule has 0 spiro atoms. The van der Waals surface area contributed by atoms with Crippen LogP contribution in [0, 0.1) is 11.8 Å². The summed E-state index contributed by atoms with van der Waals surface area (Å²) in [7, 11) is 0. The fourth-order valence-electron chi connectivity index (χ4n) is 4.34. The number of rotatable bonds is 6. The molecular weight excluding hydrogens is 240 g/mol. The number of aliphatic hydroxyl groups excluding tert-OH is 1. The third-order valence-corrected chi connectivity index (χ3v) is 5.36. The van der Waals surface area contributed by atoms with E-state index >= 15 is 0 Å². The number of aliphatic hydroxyl groups is 1. The summed E-state index contributed by atoms with van der Waals surface area (Å²) in [6, 6.07) is 0.909. The number of hydrogen-bond acceptors (Lipinski definition) is 4. The average Bonchev–Trinajstić information content (AvgIpc) is 3.07. The lowest BCUT2D eigenvalue weighted by atomic mass is 9.93. The molecule has 4 heteroatoms. The average molecular weight is 268 g/mol. The van der Waals surface area contributed by atoms with E-state index in [1.807, 2.05) is 0 Å². The Balaban J connectivity index is 1.35. The Hall–Kier alpha value is -0.160. The second-order valence-electron chi connectivity index (χ2n) is 6.46. The van der Waals surface area contributed by atoms with Crippen LogP contribution in [0.3, 0.4) is 0 Å². The highest BCUT2D eigenvalue weighted by atomic mass is 16.5. The molecule has 0 aromatic rings. The summed E-state index contributed by atoms with van der Waals surface area (Å²) in [6.45, 7) is 7.26. The van der Waals surface area contributed by atoms with Crippen molar-refractivity contribution in [2.45, 2.75) is 31.7 Å². The maximum Gasteiger partial charge on any atom is 0.0698 e. The van der Waals surface area contributed by atoms with E-state index in [-0.39, 0.29) is 6.61 Å². The Kier molecular flexibility index (Phi) is 4.74. The van der Waals surface area contributed by atoms with Gasteiger partial charge in [0.05, 0.1) is 19.8 Å². The summed E-state index contributed by atoms with van der Waals surface area (Å²) in [5.41, 5.74) is 0. The summed E-state index contributed by atoms with van der Waals surface area (Å²) >= 11 is 0. The number of piperazine rings is 1. The Morgan fingerprint density at radius 2 is 1.84 bits per heavy atom. The molecule has 2 bridgehead atoms. The van der Waals surface area contributed by atoms with Crippen molar-refractivity contribution < 1.29 is 9.84 Å². The van der Waals surface area contributed by atoms with Crippen LogP contribution in [0.2, 0.25) is 0 Å². The first-order valence-corrected chi connectivity index (χ1v) is 8.02. The Labute approximate surface area is 116 Å². The molecule has 3 atom stereocenters. The van der Waals surface area contributed by atoms with Crippen molar-refractivity contribution >= 4 is 0 Å². The predicted molar refractivity (Wildman–Crippen MR) is 75.2 cm³/mol. The van der Waals surface area contributed by atoms with Gasteiger partial charge < -0.3 is 9.84 Å². The van der Waals surface area contributed by atoms with E-state index in [0.29, 0.717) is 6.61 Å². The van der Waals surface area contributed by atoms with Crippen LogP contribution in [-0.2, 0) is 4.74 Å². The fourth-order valence-corrected chi connectivity index (χ4v) is 4.34. The topological polar surface area (TPSA) is 35.9 Å². The molecule has 3 aliphatic rings. The van der Waals surface area contributed by atoms with Crippen LogP contribution in [-0.4, -0.2) is 73.5 Å². The summed E-state index contributed by atoms with van der Waals surface area (Å²) in [6.07, 6.45) is 5.98. The predicted octanol–water partition coefficient (Wildman–Crippen LogP) is 0.802. The summed E-state index contributed by atoms with van der Waals surface area (Å²) in [5.74, 6) is 2.07. The maximum absolute atomic E-state index is 8.67. The second kappa shape index (κ2) is 6.53. The standard InChI is InChI=1S/C15H28N2O2/c18-8-10-19-9-7-16-3-5-17(6-4-16)15-12-13-1-2-14(15)11-13/h13-15,18H,1-12H2. The molecule has 2 saturated carbocycles. The van der Waals surface area contributed by atoms with Crippen LogP contribution in [0.1, 0.15) is 25.7 Å². The van der Waals surface area contributed by atoms with E-state index < -0.39 is 0 Å². The van der Waals surface area contributed by atoms with Gasteiger partial charge in [0.2, 0.25) is 0 Å². The smallest absolute Gasteiger partial charge is 0.0698 e. The van der Waals surface area contributed by atoms with E-state index in [1.165, 1.54) is 51.9 Å². The molecule has 3 fully saturated rings. The number of fused-ring (bicyclic) bond motifs is 2. The van der Waals surface area contributed by atoms with E-state index in [2.05, 4.69) is 9.80 Å². The van der Waals surface area contributed by atoms with Crippen molar-refractivity contribution in [2.75, 3.05) is 52.5 Å². The van der Waals surface area contributed by atoms with Gasteiger partial charge in [-0.05, 0) is 31.1 Å². The minimum Gasteiger partial charge on any atom is -0.394 e. The zero-order valence-electron chi connectivity index (χ0n) is 12.0. The van der Waals surface area contributed by atoms with E-state index in [0.717, 1.165) is 31.0 Å². The monoisotopic (exact) mass is 268 g/mol. The molecule has 0 aromatic carbocycles. The van der Waals surface area contributed by atoms with Gasteiger partial charge in [0.1, 0.15) is 0 Å².